The Bertz CT molecular complexity index is 960. The van der Waals surface area contributed by atoms with Gasteiger partial charge < -0.3 is 14.6 Å². The van der Waals surface area contributed by atoms with Crippen LogP contribution in [-0.2, 0) is 12.0 Å². The number of rotatable bonds is 5. The predicted molar refractivity (Wildman–Crippen MR) is 102 cm³/mol. The molecule has 6 heteroatoms. The lowest BCUT2D eigenvalue weighted by Crippen LogP contribution is -2.31. The van der Waals surface area contributed by atoms with Gasteiger partial charge >= 0.3 is 0 Å². The Morgan fingerprint density at radius 1 is 1.18 bits per heavy atom. The highest BCUT2D eigenvalue weighted by Gasteiger charge is 2.51. The number of para-hydroxylation sites is 1. The van der Waals surface area contributed by atoms with Crippen LogP contribution >= 0.6 is 0 Å². The van der Waals surface area contributed by atoms with Crippen molar-refractivity contribution in [2.24, 2.45) is 5.92 Å². The lowest BCUT2D eigenvalue weighted by molar-refractivity contribution is 0.265. The number of benzene rings is 2. The average molecular weight is 379 g/mol. The minimum Gasteiger partial charge on any atom is -0.486 e. The summed E-state index contributed by atoms with van der Waals surface area (Å²) in [6, 6.07) is 14.2. The molecule has 1 aliphatic heterocycles. The zero-order chi connectivity index (χ0) is 19.0. The zero-order valence-corrected chi connectivity index (χ0v) is 15.5. The molecule has 2 atom stereocenters. The van der Waals surface area contributed by atoms with Gasteiger partial charge in [0.25, 0.3) is 0 Å². The van der Waals surface area contributed by atoms with Crippen molar-refractivity contribution in [3.05, 3.63) is 65.8 Å². The van der Waals surface area contributed by atoms with Gasteiger partial charge in [-0.2, -0.15) is 4.98 Å². The van der Waals surface area contributed by atoms with E-state index in [1.54, 1.807) is 18.2 Å². The summed E-state index contributed by atoms with van der Waals surface area (Å²) in [6.07, 6.45) is 3.56. The van der Waals surface area contributed by atoms with E-state index in [1.165, 1.54) is 18.9 Å². The highest BCUT2D eigenvalue weighted by molar-refractivity contribution is 5.54. The average Bonchev–Trinajstić information content (AvgIpc) is 3.43. The number of aromatic nitrogens is 2. The van der Waals surface area contributed by atoms with Crippen LogP contribution in [-0.4, -0.2) is 23.2 Å². The summed E-state index contributed by atoms with van der Waals surface area (Å²) in [5, 5.41) is 7.71. The monoisotopic (exact) mass is 379 g/mol. The van der Waals surface area contributed by atoms with Gasteiger partial charge in [0.1, 0.15) is 6.61 Å². The van der Waals surface area contributed by atoms with Gasteiger partial charge in [0.15, 0.2) is 11.6 Å². The summed E-state index contributed by atoms with van der Waals surface area (Å²) < 4.78 is 24.9. The van der Waals surface area contributed by atoms with Crippen molar-refractivity contribution >= 4 is 0 Å². The number of halogens is 1. The summed E-state index contributed by atoms with van der Waals surface area (Å²) in [4.78, 5) is 4.73. The highest BCUT2D eigenvalue weighted by Crippen LogP contribution is 2.47. The lowest BCUT2D eigenvalue weighted by Gasteiger charge is -2.22. The fourth-order valence-corrected chi connectivity index (χ4v) is 4.52. The number of nitrogens with zero attached hydrogens (tertiary/aromatic N) is 2. The topological polar surface area (TPSA) is 60.2 Å². The van der Waals surface area contributed by atoms with E-state index in [-0.39, 0.29) is 17.0 Å². The molecular weight excluding hydrogens is 357 g/mol. The minimum atomic E-state index is -0.357. The normalized spacial score (nSPS) is 23.7. The van der Waals surface area contributed by atoms with Gasteiger partial charge in [-0.25, -0.2) is 4.39 Å². The van der Waals surface area contributed by atoms with E-state index in [9.17, 15) is 4.39 Å². The number of hydrogen-bond acceptors (Lipinski definition) is 5. The molecule has 0 amide bonds. The van der Waals surface area contributed by atoms with Crippen molar-refractivity contribution in [3.8, 4) is 17.1 Å². The predicted octanol–water partition coefficient (Wildman–Crippen LogP) is 4.10. The first kappa shape index (κ1) is 17.4. The number of ether oxygens (including phenoxy) is 1. The van der Waals surface area contributed by atoms with E-state index in [0.717, 1.165) is 36.5 Å². The second-order valence-electron chi connectivity index (χ2n) is 7.72. The van der Waals surface area contributed by atoms with E-state index in [0.29, 0.717) is 18.3 Å². The largest absolute Gasteiger partial charge is 0.486 e. The number of nitrogens with one attached hydrogen (secondary N) is 1. The van der Waals surface area contributed by atoms with Gasteiger partial charge in [-0.05, 0) is 43.0 Å². The fourth-order valence-electron chi connectivity index (χ4n) is 4.52. The van der Waals surface area contributed by atoms with E-state index < -0.39 is 0 Å². The molecule has 0 unspecified atom stereocenters. The molecule has 2 aromatic carbocycles. The number of hydrogen-bond donors (Lipinski definition) is 1. The third-order valence-electron chi connectivity index (χ3n) is 6.08. The molecule has 3 aromatic rings. The standard InChI is InChI=1S/C22H22FN3O2/c23-18-5-1-2-6-19(18)27-13-15-7-9-16(10-8-15)20-25-21(28-26-20)22-11-3-4-17(22)12-24-14-22/h1-2,5-10,17,24H,3-4,11-14H2/t17-,22-/m1/s1. The first-order valence-electron chi connectivity index (χ1n) is 9.76. The maximum Gasteiger partial charge on any atom is 0.234 e. The Labute approximate surface area is 162 Å². The van der Waals surface area contributed by atoms with E-state index in [2.05, 4.69) is 10.5 Å². The first-order chi connectivity index (χ1) is 13.7. The van der Waals surface area contributed by atoms with Crippen LogP contribution in [0, 0.1) is 11.7 Å². The molecule has 2 heterocycles. The van der Waals surface area contributed by atoms with E-state index in [1.807, 2.05) is 24.3 Å². The second-order valence-corrected chi connectivity index (χ2v) is 7.72. The van der Waals surface area contributed by atoms with Crippen LogP contribution in [0.1, 0.15) is 30.7 Å². The molecule has 144 valence electrons. The van der Waals surface area contributed by atoms with Crippen LogP contribution in [0.5, 0.6) is 5.75 Å². The summed E-state index contributed by atoms with van der Waals surface area (Å²) in [7, 11) is 0. The Morgan fingerprint density at radius 3 is 2.89 bits per heavy atom. The molecule has 1 saturated heterocycles. The Hall–Kier alpha value is -2.73. The SMILES string of the molecule is Fc1ccccc1OCc1ccc(-c2noc([C@@]34CCC[C@@H]3CNC4)n2)cc1. The molecule has 5 nitrogen and oxygen atoms in total. The molecule has 5 rings (SSSR count). The maximum absolute atomic E-state index is 13.6. The molecule has 1 aromatic heterocycles. The van der Waals surface area contributed by atoms with Crippen LogP contribution in [0.2, 0.25) is 0 Å². The van der Waals surface area contributed by atoms with Crippen LogP contribution in [0.15, 0.2) is 53.1 Å². The molecule has 2 aliphatic rings. The van der Waals surface area contributed by atoms with Crippen LogP contribution in [0.4, 0.5) is 4.39 Å². The van der Waals surface area contributed by atoms with Crippen LogP contribution in [0.25, 0.3) is 11.4 Å². The van der Waals surface area contributed by atoms with Gasteiger partial charge in [-0.1, -0.05) is 48.0 Å². The fraction of sp³-hybridized carbons (Fsp3) is 0.364. The zero-order valence-electron chi connectivity index (χ0n) is 15.5. The van der Waals surface area contributed by atoms with Gasteiger partial charge in [-0.3, -0.25) is 0 Å². The maximum atomic E-state index is 13.6. The summed E-state index contributed by atoms with van der Waals surface area (Å²) in [5.74, 6) is 1.87. The molecule has 1 N–H and O–H groups in total. The minimum absolute atomic E-state index is 0.0127. The van der Waals surface area contributed by atoms with Crippen molar-refractivity contribution in [2.45, 2.75) is 31.3 Å². The Balaban J connectivity index is 1.30. The summed E-state index contributed by atoms with van der Waals surface area (Å²) >= 11 is 0. The van der Waals surface area contributed by atoms with Gasteiger partial charge in [0.05, 0.1) is 5.41 Å². The van der Waals surface area contributed by atoms with Crippen molar-refractivity contribution < 1.29 is 13.7 Å². The molecule has 0 bridgehead atoms. The summed E-state index contributed by atoms with van der Waals surface area (Å²) in [5.41, 5.74) is 1.87. The molecular formula is C22H22FN3O2. The third-order valence-corrected chi connectivity index (χ3v) is 6.08. The van der Waals surface area contributed by atoms with E-state index >= 15 is 0 Å². The molecule has 0 spiro atoms. The van der Waals surface area contributed by atoms with Crippen molar-refractivity contribution in [1.29, 1.82) is 0 Å². The van der Waals surface area contributed by atoms with Crippen molar-refractivity contribution in [1.82, 2.24) is 15.5 Å². The molecule has 2 fully saturated rings. The molecule has 28 heavy (non-hydrogen) atoms. The molecule has 1 aliphatic carbocycles. The molecule has 0 radical (unpaired) electrons. The Kier molecular flexibility index (Phi) is 4.36. The van der Waals surface area contributed by atoms with Gasteiger partial charge in [-0.15, -0.1) is 0 Å². The van der Waals surface area contributed by atoms with E-state index in [4.69, 9.17) is 14.2 Å². The van der Waals surface area contributed by atoms with Crippen LogP contribution in [0.3, 0.4) is 0 Å². The number of fused-ring (bicyclic) bond motifs is 1. The first-order valence-corrected chi connectivity index (χ1v) is 9.76. The summed E-state index contributed by atoms with van der Waals surface area (Å²) in [6.45, 7) is 2.26. The Morgan fingerprint density at radius 2 is 2.04 bits per heavy atom. The van der Waals surface area contributed by atoms with Gasteiger partial charge in [0, 0.05) is 12.1 Å². The molecule has 1 saturated carbocycles. The third kappa shape index (κ3) is 2.98. The van der Waals surface area contributed by atoms with Crippen molar-refractivity contribution in [3.63, 3.8) is 0 Å². The van der Waals surface area contributed by atoms with Gasteiger partial charge in [0.2, 0.25) is 11.7 Å². The quantitative estimate of drug-likeness (QED) is 0.723. The van der Waals surface area contributed by atoms with Crippen molar-refractivity contribution in [2.75, 3.05) is 13.1 Å². The highest BCUT2D eigenvalue weighted by atomic mass is 19.1. The lowest BCUT2D eigenvalue weighted by atomic mass is 9.80. The second kappa shape index (κ2) is 7.02. The van der Waals surface area contributed by atoms with Crippen LogP contribution < -0.4 is 10.1 Å². The smallest absolute Gasteiger partial charge is 0.234 e.